The van der Waals surface area contributed by atoms with E-state index in [1.165, 1.54) is 11.3 Å². The summed E-state index contributed by atoms with van der Waals surface area (Å²) in [6.07, 6.45) is 7.83. The number of hydrogen-bond donors (Lipinski definition) is 0. The van der Waals surface area contributed by atoms with Crippen molar-refractivity contribution < 1.29 is 9.21 Å². The van der Waals surface area contributed by atoms with Gasteiger partial charge < -0.3 is 9.32 Å². The molecule has 3 aromatic rings. The molecule has 1 amide bonds. The van der Waals surface area contributed by atoms with E-state index in [2.05, 4.69) is 10.1 Å². The number of thiazole rings is 1. The predicted molar refractivity (Wildman–Crippen MR) is 90.4 cm³/mol. The summed E-state index contributed by atoms with van der Waals surface area (Å²) in [4.78, 5) is 19.2. The van der Waals surface area contributed by atoms with Crippen molar-refractivity contribution in [3.05, 3.63) is 47.4 Å². The average Bonchev–Trinajstić information content (AvgIpc) is 3.34. The van der Waals surface area contributed by atoms with Crippen molar-refractivity contribution in [3.8, 4) is 10.8 Å². The zero-order chi connectivity index (χ0) is 16.5. The lowest BCUT2D eigenvalue weighted by Crippen LogP contribution is -2.31. The van der Waals surface area contributed by atoms with Gasteiger partial charge in [0.1, 0.15) is 0 Å². The highest BCUT2D eigenvalue weighted by atomic mass is 32.1. The Morgan fingerprint density at radius 1 is 1.50 bits per heavy atom. The van der Waals surface area contributed by atoms with E-state index in [0.717, 1.165) is 41.4 Å². The predicted octanol–water partition coefficient (Wildman–Crippen LogP) is 3.04. The SMILES string of the molecule is Cn1cc(C2CCCN2C(=O)Cc2csc(-c3ccco3)n2)cn1. The number of hydrogen-bond acceptors (Lipinski definition) is 5. The van der Waals surface area contributed by atoms with E-state index in [1.807, 2.05) is 41.9 Å². The van der Waals surface area contributed by atoms with Crippen molar-refractivity contribution in [2.45, 2.75) is 25.3 Å². The van der Waals surface area contributed by atoms with Gasteiger partial charge in [-0.15, -0.1) is 11.3 Å². The first-order valence-corrected chi connectivity index (χ1v) is 8.85. The third-order valence-corrected chi connectivity index (χ3v) is 5.20. The van der Waals surface area contributed by atoms with E-state index in [9.17, 15) is 4.79 Å². The second-order valence-corrected chi connectivity index (χ2v) is 6.85. The Bertz CT molecular complexity index is 837. The van der Waals surface area contributed by atoms with E-state index in [1.54, 1.807) is 10.9 Å². The fraction of sp³-hybridized carbons (Fsp3) is 0.353. The highest BCUT2D eigenvalue weighted by Crippen LogP contribution is 2.32. The first-order valence-electron chi connectivity index (χ1n) is 7.97. The molecule has 1 saturated heterocycles. The van der Waals surface area contributed by atoms with Crippen LogP contribution in [0.1, 0.15) is 30.1 Å². The Morgan fingerprint density at radius 2 is 2.42 bits per heavy atom. The highest BCUT2D eigenvalue weighted by molar-refractivity contribution is 7.13. The second kappa shape index (κ2) is 6.24. The summed E-state index contributed by atoms with van der Waals surface area (Å²) in [5, 5.41) is 6.98. The van der Waals surface area contributed by atoms with Crippen LogP contribution in [-0.4, -0.2) is 32.1 Å². The molecule has 3 aromatic heterocycles. The molecule has 6 nitrogen and oxygen atoms in total. The lowest BCUT2D eigenvalue weighted by molar-refractivity contribution is -0.131. The molecule has 124 valence electrons. The quantitative estimate of drug-likeness (QED) is 0.731. The van der Waals surface area contributed by atoms with Crippen molar-refractivity contribution in [2.24, 2.45) is 7.05 Å². The molecule has 0 bridgehead atoms. The van der Waals surface area contributed by atoms with E-state index < -0.39 is 0 Å². The monoisotopic (exact) mass is 342 g/mol. The molecule has 1 aliphatic rings. The molecule has 0 saturated carbocycles. The molecular weight excluding hydrogens is 324 g/mol. The summed E-state index contributed by atoms with van der Waals surface area (Å²) in [6.45, 7) is 0.799. The Balaban J connectivity index is 1.47. The largest absolute Gasteiger partial charge is 0.462 e. The first-order chi connectivity index (χ1) is 11.7. The maximum atomic E-state index is 12.7. The third kappa shape index (κ3) is 2.87. The Hall–Kier alpha value is -2.41. The van der Waals surface area contributed by atoms with Crippen molar-refractivity contribution >= 4 is 17.2 Å². The van der Waals surface area contributed by atoms with Gasteiger partial charge >= 0.3 is 0 Å². The minimum atomic E-state index is 0.123. The van der Waals surface area contributed by atoms with E-state index in [0.29, 0.717) is 6.42 Å². The molecule has 0 N–H and O–H groups in total. The van der Waals surface area contributed by atoms with Crippen LogP contribution in [0.4, 0.5) is 0 Å². The summed E-state index contributed by atoms with van der Waals surface area (Å²) >= 11 is 1.50. The Kier molecular flexibility index (Phi) is 3.93. The summed E-state index contributed by atoms with van der Waals surface area (Å²) in [5.41, 5.74) is 1.91. The van der Waals surface area contributed by atoms with Crippen molar-refractivity contribution in [2.75, 3.05) is 6.54 Å². The first kappa shape index (κ1) is 15.1. The minimum Gasteiger partial charge on any atom is -0.462 e. The van der Waals surface area contributed by atoms with Crippen LogP contribution in [0, 0.1) is 0 Å². The Morgan fingerprint density at radius 3 is 3.17 bits per heavy atom. The Labute approximate surface area is 143 Å². The molecule has 7 heteroatoms. The molecule has 0 aromatic carbocycles. The number of carbonyl (C=O) groups excluding carboxylic acids is 1. The average molecular weight is 342 g/mol. The molecule has 1 atom stereocenters. The molecule has 4 rings (SSSR count). The van der Waals surface area contributed by atoms with Crippen LogP contribution in [0.5, 0.6) is 0 Å². The van der Waals surface area contributed by atoms with Crippen LogP contribution in [0.3, 0.4) is 0 Å². The lowest BCUT2D eigenvalue weighted by Gasteiger charge is -2.23. The van der Waals surface area contributed by atoms with Gasteiger partial charge in [-0.1, -0.05) is 0 Å². The molecule has 4 heterocycles. The van der Waals surface area contributed by atoms with Gasteiger partial charge in [0.15, 0.2) is 10.8 Å². The van der Waals surface area contributed by atoms with E-state index in [-0.39, 0.29) is 11.9 Å². The van der Waals surface area contributed by atoms with E-state index >= 15 is 0 Å². The molecule has 0 radical (unpaired) electrons. The third-order valence-electron chi connectivity index (χ3n) is 4.30. The van der Waals surface area contributed by atoms with Gasteiger partial charge in [0.05, 0.1) is 30.6 Å². The standard InChI is InChI=1S/C17H18N4O2S/c1-20-10-12(9-18-20)14-4-2-6-21(14)16(22)8-13-11-24-17(19-13)15-5-3-7-23-15/h3,5,7,9-11,14H,2,4,6,8H2,1H3. The lowest BCUT2D eigenvalue weighted by atomic mass is 10.1. The number of aromatic nitrogens is 3. The highest BCUT2D eigenvalue weighted by Gasteiger charge is 2.31. The number of nitrogens with zero attached hydrogens (tertiary/aromatic N) is 4. The van der Waals surface area contributed by atoms with Crippen LogP contribution >= 0.6 is 11.3 Å². The molecule has 1 unspecified atom stereocenters. The molecule has 1 fully saturated rings. The van der Waals surface area contributed by atoms with Crippen LogP contribution in [0.15, 0.2) is 40.6 Å². The summed E-state index contributed by atoms with van der Waals surface area (Å²) in [6, 6.07) is 3.85. The molecule has 24 heavy (non-hydrogen) atoms. The van der Waals surface area contributed by atoms with Crippen LogP contribution < -0.4 is 0 Å². The van der Waals surface area contributed by atoms with Crippen molar-refractivity contribution in [3.63, 3.8) is 0 Å². The van der Waals surface area contributed by atoms with E-state index in [4.69, 9.17) is 4.42 Å². The molecule has 0 spiro atoms. The number of rotatable bonds is 4. The fourth-order valence-electron chi connectivity index (χ4n) is 3.18. The molecule has 1 aliphatic heterocycles. The number of furan rings is 1. The number of amides is 1. The second-order valence-electron chi connectivity index (χ2n) is 5.99. The van der Waals surface area contributed by atoms with Gasteiger partial charge in [-0.05, 0) is 25.0 Å². The number of likely N-dealkylation sites (tertiary alicyclic amines) is 1. The van der Waals surface area contributed by atoms with Crippen molar-refractivity contribution in [1.82, 2.24) is 19.7 Å². The normalized spacial score (nSPS) is 17.5. The maximum Gasteiger partial charge on any atom is 0.229 e. The molecule has 0 aliphatic carbocycles. The van der Waals surface area contributed by atoms with Gasteiger partial charge in [-0.25, -0.2) is 4.98 Å². The van der Waals surface area contributed by atoms with Crippen LogP contribution in [0.2, 0.25) is 0 Å². The minimum absolute atomic E-state index is 0.123. The maximum absolute atomic E-state index is 12.7. The topological polar surface area (TPSA) is 64.2 Å². The van der Waals surface area contributed by atoms with Gasteiger partial charge in [-0.3, -0.25) is 9.48 Å². The van der Waals surface area contributed by atoms with Gasteiger partial charge in [0.25, 0.3) is 0 Å². The van der Waals surface area contributed by atoms with Crippen LogP contribution in [0.25, 0.3) is 10.8 Å². The van der Waals surface area contributed by atoms with Gasteiger partial charge in [-0.2, -0.15) is 5.10 Å². The smallest absolute Gasteiger partial charge is 0.229 e. The van der Waals surface area contributed by atoms with Gasteiger partial charge in [0.2, 0.25) is 5.91 Å². The summed E-state index contributed by atoms with van der Waals surface area (Å²) < 4.78 is 7.14. The summed E-state index contributed by atoms with van der Waals surface area (Å²) in [5.74, 6) is 0.866. The van der Waals surface area contributed by atoms with Gasteiger partial charge in [0, 0.05) is 30.7 Å². The zero-order valence-corrected chi connectivity index (χ0v) is 14.2. The zero-order valence-electron chi connectivity index (χ0n) is 13.4. The fourth-order valence-corrected chi connectivity index (χ4v) is 3.97. The number of carbonyl (C=O) groups is 1. The summed E-state index contributed by atoms with van der Waals surface area (Å²) in [7, 11) is 1.90. The molecular formula is C17H18N4O2S. The number of aryl methyl sites for hydroxylation is 1. The van der Waals surface area contributed by atoms with Crippen molar-refractivity contribution in [1.29, 1.82) is 0 Å². The van der Waals surface area contributed by atoms with Crippen LogP contribution in [-0.2, 0) is 18.3 Å².